The average Bonchev–Trinajstić information content (AvgIpc) is 2.34. The van der Waals surface area contributed by atoms with E-state index in [0.29, 0.717) is 24.9 Å². The zero-order valence-corrected chi connectivity index (χ0v) is 11.7. The smallest absolute Gasteiger partial charge is 0.251 e. The average molecular weight is 314 g/mol. The number of oxime groups is 1. The maximum Gasteiger partial charge on any atom is 0.251 e. The van der Waals surface area contributed by atoms with E-state index in [-0.39, 0.29) is 11.7 Å². The van der Waals surface area contributed by atoms with Crippen molar-refractivity contribution in [3.8, 4) is 0 Å². The Bertz CT molecular complexity index is 461. The first-order valence-electron chi connectivity index (χ1n) is 5.55. The Kier molecular flexibility index (Phi) is 5.64. The topological polar surface area (TPSA) is 87.7 Å². The molecule has 0 fully saturated rings. The fraction of sp³-hybridized carbons (Fsp3) is 0.333. The predicted molar refractivity (Wildman–Crippen MR) is 73.9 cm³/mol. The van der Waals surface area contributed by atoms with Crippen molar-refractivity contribution in [2.75, 3.05) is 6.54 Å². The molecule has 98 valence electrons. The van der Waals surface area contributed by atoms with Gasteiger partial charge in [-0.1, -0.05) is 21.1 Å². The van der Waals surface area contributed by atoms with Crippen molar-refractivity contribution >= 4 is 27.7 Å². The molecule has 0 heterocycles. The van der Waals surface area contributed by atoms with Gasteiger partial charge in [-0.3, -0.25) is 4.79 Å². The summed E-state index contributed by atoms with van der Waals surface area (Å²) in [7, 11) is 0. The number of hydrogen-bond donors (Lipinski definition) is 3. The van der Waals surface area contributed by atoms with Gasteiger partial charge in [-0.05, 0) is 37.1 Å². The summed E-state index contributed by atoms with van der Waals surface area (Å²) in [6.07, 6.45) is 1.09. The van der Waals surface area contributed by atoms with E-state index in [4.69, 9.17) is 10.9 Å². The van der Waals surface area contributed by atoms with Gasteiger partial charge >= 0.3 is 0 Å². The zero-order valence-electron chi connectivity index (χ0n) is 10.1. The predicted octanol–water partition coefficient (Wildman–Crippen LogP) is 2.01. The minimum absolute atomic E-state index is 0.112. The number of rotatable bonds is 5. The summed E-state index contributed by atoms with van der Waals surface area (Å²) in [6.45, 7) is 2.38. The minimum Gasteiger partial charge on any atom is -0.409 e. The lowest BCUT2D eigenvalue weighted by atomic mass is 10.1. The number of amides is 1. The van der Waals surface area contributed by atoms with Crippen LogP contribution < -0.4 is 11.1 Å². The second-order valence-corrected chi connectivity index (χ2v) is 4.83. The standard InChI is InChI=1S/C12H16BrN3O2/c1-8-7-9(13)4-5-10(8)12(17)15-6-2-3-11(14)16-18/h4-5,7,18H,2-3,6H2,1H3,(H2,14,16)(H,15,17). The Labute approximate surface area is 114 Å². The molecule has 0 radical (unpaired) electrons. The van der Waals surface area contributed by atoms with E-state index in [9.17, 15) is 4.79 Å². The molecule has 1 aromatic carbocycles. The summed E-state index contributed by atoms with van der Waals surface area (Å²) in [4.78, 5) is 11.9. The number of amidine groups is 1. The van der Waals surface area contributed by atoms with Gasteiger partial charge in [-0.25, -0.2) is 0 Å². The van der Waals surface area contributed by atoms with Gasteiger partial charge in [0.2, 0.25) is 0 Å². The molecule has 1 aromatic rings. The van der Waals surface area contributed by atoms with Gasteiger partial charge in [0.15, 0.2) is 0 Å². The number of nitrogens with one attached hydrogen (secondary N) is 1. The van der Waals surface area contributed by atoms with Gasteiger partial charge in [0.25, 0.3) is 5.91 Å². The highest BCUT2D eigenvalue weighted by molar-refractivity contribution is 9.10. The second kappa shape index (κ2) is 7.00. The molecule has 0 atom stereocenters. The zero-order chi connectivity index (χ0) is 13.5. The number of halogens is 1. The monoisotopic (exact) mass is 313 g/mol. The van der Waals surface area contributed by atoms with Crippen LogP contribution in [0.1, 0.15) is 28.8 Å². The number of nitrogens with two attached hydrogens (primary N) is 1. The van der Waals surface area contributed by atoms with Crippen molar-refractivity contribution in [2.24, 2.45) is 10.9 Å². The Morgan fingerprint density at radius 3 is 2.89 bits per heavy atom. The highest BCUT2D eigenvalue weighted by Crippen LogP contribution is 2.15. The van der Waals surface area contributed by atoms with Crippen LogP contribution >= 0.6 is 15.9 Å². The summed E-state index contributed by atoms with van der Waals surface area (Å²) < 4.78 is 0.948. The fourth-order valence-corrected chi connectivity index (χ4v) is 1.97. The first-order valence-corrected chi connectivity index (χ1v) is 6.34. The first kappa shape index (κ1) is 14.5. The maximum absolute atomic E-state index is 11.9. The van der Waals surface area contributed by atoms with E-state index in [1.165, 1.54) is 0 Å². The van der Waals surface area contributed by atoms with Crippen LogP contribution in [0.5, 0.6) is 0 Å². The van der Waals surface area contributed by atoms with E-state index < -0.39 is 0 Å². The molecule has 18 heavy (non-hydrogen) atoms. The lowest BCUT2D eigenvalue weighted by Crippen LogP contribution is -2.26. The Morgan fingerprint density at radius 2 is 2.28 bits per heavy atom. The molecule has 0 aliphatic heterocycles. The van der Waals surface area contributed by atoms with E-state index >= 15 is 0 Å². The van der Waals surface area contributed by atoms with Crippen molar-refractivity contribution in [2.45, 2.75) is 19.8 Å². The van der Waals surface area contributed by atoms with E-state index in [1.807, 2.05) is 19.1 Å². The number of benzene rings is 1. The molecule has 1 rings (SSSR count). The minimum atomic E-state index is -0.112. The summed E-state index contributed by atoms with van der Waals surface area (Å²) in [5, 5.41) is 14.0. The van der Waals surface area contributed by atoms with Crippen LogP contribution in [0.3, 0.4) is 0 Å². The van der Waals surface area contributed by atoms with Crippen LogP contribution in [0.25, 0.3) is 0 Å². The van der Waals surface area contributed by atoms with Crippen LogP contribution in [-0.2, 0) is 0 Å². The van der Waals surface area contributed by atoms with Crippen LogP contribution in [-0.4, -0.2) is 23.5 Å². The SMILES string of the molecule is Cc1cc(Br)ccc1C(=O)NCCCC(N)=NO. The number of carbonyl (C=O) groups is 1. The lowest BCUT2D eigenvalue weighted by molar-refractivity contribution is 0.0953. The summed E-state index contributed by atoms with van der Waals surface area (Å²) >= 11 is 3.35. The van der Waals surface area contributed by atoms with Crippen LogP contribution in [0.2, 0.25) is 0 Å². The van der Waals surface area contributed by atoms with Gasteiger partial charge in [0.05, 0.1) is 0 Å². The number of hydrogen-bond acceptors (Lipinski definition) is 3. The fourth-order valence-electron chi connectivity index (χ4n) is 1.50. The summed E-state index contributed by atoms with van der Waals surface area (Å²) in [6, 6.07) is 5.50. The quantitative estimate of drug-likeness (QED) is 0.255. The Hall–Kier alpha value is -1.56. The van der Waals surface area contributed by atoms with Gasteiger partial charge in [-0.2, -0.15) is 0 Å². The van der Waals surface area contributed by atoms with Gasteiger partial charge in [0.1, 0.15) is 5.84 Å². The molecule has 1 amide bonds. The maximum atomic E-state index is 11.9. The molecule has 0 aromatic heterocycles. The summed E-state index contributed by atoms with van der Waals surface area (Å²) in [5.41, 5.74) is 6.89. The second-order valence-electron chi connectivity index (χ2n) is 3.91. The molecular formula is C12H16BrN3O2. The number of carbonyl (C=O) groups excluding carboxylic acids is 1. The van der Waals surface area contributed by atoms with Crippen molar-refractivity contribution in [3.63, 3.8) is 0 Å². The Balaban J connectivity index is 2.46. The van der Waals surface area contributed by atoms with Gasteiger partial charge in [0, 0.05) is 23.0 Å². The first-order chi connectivity index (χ1) is 8.54. The number of aryl methyl sites for hydroxylation is 1. The highest BCUT2D eigenvalue weighted by atomic mass is 79.9. The van der Waals surface area contributed by atoms with Crippen molar-refractivity contribution in [1.29, 1.82) is 0 Å². The van der Waals surface area contributed by atoms with Crippen molar-refractivity contribution < 1.29 is 10.0 Å². The van der Waals surface area contributed by atoms with Crippen molar-refractivity contribution in [1.82, 2.24) is 5.32 Å². The van der Waals surface area contributed by atoms with E-state index in [0.717, 1.165) is 10.0 Å². The van der Waals surface area contributed by atoms with Crippen LogP contribution in [0, 0.1) is 6.92 Å². The highest BCUT2D eigenvalue weighted by Gasteiger charge is 2.08. The number of nitrogens with zero attached hydrogens (tertiary/aromatic N) is 1. The molecule has 0 saturated heterocycles. The third-order valence-corrected chi connectivity index (χ3v) is 2.95. The van der Waals surface area contributed by atoms with Gasteiger partial charge < -0.3 is 16.3 Å². The molecule has 0 unspecified atom stereocenters. The molecule has 5 nitrogen and oxygen atoms in total. The molecular weight excluding hydrogens is 298 g/mol. The van der Waals surface area contributed by atoms with Crippen LogP contribution in [0.15, 0.2) is 27.8 Å². The third-order valence-electron chi connectivity index (χ3n) is 2.46. The lowest BCUT2D eigenvalue weighted by Gasteiger charge is -2.07. The molecule has 0 aliphatic rings. The summed E-state index contributed by atoms with van der Waals surface area (Å²) in [5.74, 6) is 0.0589. The van der Waals surface area contributed by atoms with E-state index in [2.05, 4.69) is 26.4 Å². The van der Waals surface area contributed by atoms with Crippen molar-refractivity contribution in [3.05, 3.63) is 33.8 Å². The largest absolute Gasteiger partial charge is 0.409 e. The van der Waals surface area contributed by atoms with Crippen LogP contribution in [0.4, 0.5) is 0 Å². The van der Waals surface area contributed by atoms with Gasteiger partial charge in [-0.15, -0.1) is 0 Å². The Morgan fingerprint density at radius 1 is 1.56 bits per heavy atom. The molecule has 0 saturated carbocycles. The molecule has 4 N–H and O–H groups in total. The molecule has 0 spiro atoms. The normalized spacial score (nSPS) is 11.3. The third kappa shape index (κ3) is 4.37. The molecule has 6 heteroatoms. The van der Waals surface area contributed by atoms with E-state index in [1.54, 1.807) is 6.07 Å². The molecule has 0 bridgehead atoms. The molecule has 0 aliphatic carbocycles.